The smallest absolute Gasteiger partial charge is 0.195 e. The summed E-state index contributed by atoms with van der Waals surface area (Å²) < 4.78 is 13.6. The molecule has 0 bridgehead atoms. The summed E-state index contributed by atoms with van der Waals surface area (Å²) in [6, 6.07) is 14.3. The van der Waals surface area contributed by atoms with Crippen LogP contribution in [0.3, 0.4) is 0 Å². The van der Waals surface area contributed by atoms with Crippen molar-refractivity contribution in [2.45, 2.75) is 18.9 Å². The second-order valence-electron chi connectivity index (χ2n) is 5.75. The van der Waals surface area contributed by atoms with E-state index in [-0.39, 0.29) is 17.9 Å². The second kappa shape index (κ2) is 6.79. The highest BCUT2D eigenvalue weighted by Gasteiger charge is 2.20. The third-order valence-corrected chi connectivity index (χ3v) is 4.10. The lowest BCUT2D eigenvalue weighted by Gasteiger charge is -2.32. The average Bonchev–Trinajstić information content (AvgIpc) is 2.56. The average molecular weight is 313 g/mol. The van der Waals surface area contributed by atoms with Crippen molar-refractivity contribution in [3.05, 3.63) is 54.3 Å². The minimum absolute atomic E-state index is 0.236. The van der Waals surface area contributed by atoms with Gasteiger partial charge in [0.1, 0.15) is 5.82 Å². The number of piperidine rings is 1. The molecule has 1 saturated heterocycles. The Balaban J connectivity index is 1.82. The first-order chi connectivity index (χ1) is 11.1. The number of guanidine groups is 1. The molecule has 120 valence electrons. The van der Waals surface area contributed by atoms with Crippen LogP contribution >= 0.6 is 0 Å². The third kappa shape index (κ3) is 3.68. The number of hydrogen-bond donors (Lipinski definition) is 3. The number of rotatable bonds is 2. The molecule has 1 aliphatic rings. The summed E-state index contributed by atoms with van der Waals surface area (Å²) in [4.78, 5) is 1.87. The summed E-state index contributed by atoms with van der Waals surface area (Å²) in [7, 11) is 0. The number of halogens is 1. The van der Waals surface area contributed by atoms with Crippen LogP contribution in [-0.4, -0.2) is 35.2 Å². The zero-order valence-corrected chi connectivity index (χ0v) is 12.8. The molecule has 0 amide bonds. The van der Waals surface area contributed by atoms with Crippen LogP contribution < -0.4 is 5.32 Å². The molecule has 0 spiro atoms. The van der Waals surface area contributed by atoms with Crippen LogP contribution in [0.2, 0.25) is 0 Å². The van der Waals surface area contributed by atoms with Crippen molar-refractivity contribution < 1.29 is 9.50 Å². The SMILES string of the molecule is N=C(Nc1cc(F)ccc1-c1ccccc1)N1CCC(O)CC1. The van der Waals surface area contributed by atoms with E-state index < -0.39 is 0 Å². The maximum absolute atomic E-state index is 13.6. The van der Waals surface area contributed by atoms with E-state index in [1.54, 1.807) is 6.07 Å². The number of aliphatic hydroxyl groups excluding tert-OH is 1. The number of anilines is 1. The lowest BCUT2D eigenvalue weighted by atomic mass is 10.0. The molecule has 2 aromatic carbocycles. The van der Waals surface area contributed by atoms with Crippen LogP contribution in [0.1, 0.15) is 12.8 Å². The van der Waals surface area contributed by atoms with E-state index in [0.717, 1.165) is 11.1 Å². The molecule has 3 rings (SSSR count). The number of aliphatic hydroxyl groups is 1. The summed E-state index contributed by atoms with van der Waals surface area (Å²) in [6.07, 6.45) is 1.02. The molecule has 4 nitrogen and oxygen atoms in total. The number of benzene rings is 2. The van der Waals surface area contributed by atoms with Crippen LogP contribution in [0.15, 0.2) is 48.5 Å². The van der Waals surface area contributed by atoms with Crippen LogP contribution in [0.25, 0.3) is 11.1 Å². The van der Waals surface area contributed by atoms with Gasteiger partial charge >= 0.3 is 0 Å². The van der Waals surface area contributed by atoms with Gasteiger partial charge in [-0.3, -0.25) is 5.41 Å². The summed E-state index contributed by atoms with van der Waals surface area (Å²) >= 11 is 0. The van der Waals surface area contributed by atoms with E-state index in [0.29, 0.717) is 31.6 Å². The van der Waals surface area contributed by atoms with Gasteiger partial charge in [0.2, 0.25) is 0 Å². The normalized spacial score (nSPS) is 15.5. The summed E-state index contributed by atoms with van der Waals surface area (Å²) in [6.45, 7) is 1.26. The number of nitrogens with zero attached hydrogens (tertiary/aromatic N) is 1. The van der Waals surface area contributed by atoms with Crippen molar-refractivity contribution >= 4 is 11.6 Å². The highest BCUT2D eigenvalue weighted by Crippen LogP contribution is 2.29. The zero-order chi connectivity index (χ0) is 16.2. The van der Waals surface area contributed by atoms with Gasteiger partial charge in [0.15, 0.2) is 5.96 Å². The van der Waals surface area contributed by atoms with E-state index in [1.165, 1.54) is 12.1 Å². The van der Waals surface area contributed by atoms with Gasteiger partial charge in [-0.25, -0.2) is 4.39 Å². The molecule has 1 heterocycles. The molecule has 23 heavy (non-hydrogen) atoms. The van der Waals surface area contributed by atoms with E-state index >= 15 is 0 Å². The highest BCUT2D eigenvalue weighted by molar-refractivity contribution is 5.95. The van der Waals surface area contributed by atoms with Crippen molar-refractivity contribution in [2.24, 2.45) is 0 Å². The lowest BCUT2D eigenvalue weighted by molar-refractivity contribution is 0.109. The number of likely N-dealkylation sites (tertiary alicyclic amines) is 1. The molecular formula is C18H20FN3O. The van der Waals surface area contributed by atoms with Crippen LogP contribution in [0.4, 0.5) is 10.1 Å². The fourth-order valence-corrected chi connectivity index (χ4v) is 2.79. The second-order valence-corrected chi connectivity index (χ2v) is 5.75. The molecular weight excluding hydrogens is 293 g/mol. The minimum atomic E-state index is -0.339. The van der Waals surface area contributed by atoms with Gasteiger partial charge in [-0.15, -0.1) is 0 Å². The Bertz CT molecular complexity index is 682. The fraction of sp³-hybridized carbons (Fsp3) is 0.278. The molecule has 3 N–H and O–H groups in total. The molecule has 0 aliphatic carbocycles. The van der Waals surface area contributed by atoms with Gasteiger partial charge in [-0.1, -0.05) is 30.3 Å². The Morgan fingerprint density at radius 3 is 2.52 bits per heavy atom. The molecule has 5 heteroatoms. The molecule has 0 unspecified atom stereocenters. The quantitative estimate of drug-likeness (QED) is 0.589. The molecule has 0 aromatic heterocycles. The van der Waals surface area contributed by atoms with Gasteiger partial charge in [0.05, 0.1) is 11.8 Å². The maximum atomic E-state index is 13.6. The van der Waals surface area contributed by atoms with Crippen molar-refractivity contribution in [3.8, 4) is 11.1 Å². The molecule has 1 aliphatic heterocycles. The molecule has 0 saturated carbocycles. The van der Waals surface area contributed by atoms with Crippen LogP contribution in [0.5, 0.6) is 0 Å². The van der Waals surface area contributed by atoms with E-state index in [1.807, 2.05) is 35.2 Å². The topological polar surface area (TPSA) is 59.4 Å². The van der Waals surface area contributed by atoms with Crippen molar-refractivity contribution in [2.75, 3.05) is 18.4 Å². The van der Waals surface area contributed by atoms with E-state index in [2.05, 4.69) is 5.32 Å². The highest BCUT2D eigenvalue weighted by atomic mass is 19.1. The standard InChI is InChI=1S/C18H20FN3O/c19-14-6-7-16(13-4-2-1-3-5-13)17(12-14)21-18(20)22-10-8-15(23)9-11-22/h1-7,12,15,23H,8-11H2,(H2,20,21). The first kappa shape index (κ1) is 15.5. The molecule has 0 atom stereocenters. The predicted octanol–water partition coefficient (Wildman–Crippen LogP) is 3.30. The fourth-order valence-electron chi connectivity index (χ4n) is 2.79. The largest absolute Gasteiger partial charge is 0.393 e. The van der Waals surface area contributed by atoms with Crippen molar-refractivity contribution in [1.82, 2.24) is 4.90 Å². The van der Waals surface area contributed by atoms with E-state index in [9.17, 15) is 9.50 Å². The molecule has 2 aromatic rings. The Morgan fingerprint density at radius 2 is 1.83 bits per heavy atom. The predicted molar refractivity (Wildman–Crippen MR) is 90.0 cm³/mol. The van der Waals surface area contributed by atoms with Gasteiger partial charge in [0.25, 0.3) is 0 Å². The van der Waals surface area contributed by atoms with Crippen LogP contribution in [-0.2, 0) is 0 Å². The van der Waals surface area contributed by atoms with Crippen molar-refractivity contribution in [1.29, 1.82) is 5.41 Å². The summed E-state index contributed by atoms with van der Waals surface area (Å²) in [5, 5.41) is 20.8. The molecule has 0 radical (unpaired) electrons. The number of hydrogen-bond acceptors (Lipinski definition) is 2. The monoisotopic (exact) mass is 313 g/mol. The minimum Gasteiger partial charge on any atom is -0.393 e. The number of nitrogens with one attached hydrogen (secondary N) is 2. The van der Waals surface area contributed by atoms with Crippen LogP contribution in [0, 0.1) is 11.2 Å². The zero-order valence-electron chi connectivity index (χ0n) is 12.8. The Labute approximate surface area is 135 Å². The first-order valence-corrected chi connectivity index (χ1v) is 7.77. The third-order valence-electron chi connectivity index (χ3n) is 4.10. The lowest BCUT2D eigenvalue weighted by Crippen LogP contribution is -2.42. The summed E-state index contributed by atoms with van der Waals surface area (Å²) in [5.41, 5.74) is 2.40. The Kier molecular flexibility index (Phi) is 4.57. The van der Waals surface area contributed by atoms with Gasteiger partial charge in [-0.05, 0) is 36.6 Å². The summed E-state index contributed by atoms with van der Waals surface area (Å²) in [5.74, 6) is -0.103. The van der Waals surface area contributed by atoms with Gasteiger partial charge in [0, 0.05) is 18.7 Å². The van der Waals surface area contributed by atoms with Crippen molar-refractivity contribution in [3.63, 3.8) is 0 Å². The van der Waals surface area contributed by atoms with E-state index in [4.69, 9.17) is 5.41 Å². The molecule has 1 fully saturated rings. The Hall–Kier alpha value is -2.40. The Morgan fingerprint density at radius 1 is 1.13 bits per heavy atom. The van der Waals surface area contributed by atoms with Gasteiger partial charge < -0.3 is 15.3 Å². The van der Waals surface area contributed by atoms with Gasteiger partial charge in [-0.2, -0.15) is 0 Å². The first-order valence-electron chi connectivity index (χ1n) is 7.77. The maximum Gasteiger partial charge on any atom is 0.195 e.